The van der Waals surface area contributed by atoms with Crippen molar-refractivity contribution in [1.82, 2.24) is 14.5 Å². The number of ether oxygens (including phenoxy) is 2. The molecule has 172 valence electrons. The molecule has 0 spiro atoms. The maximum Gasteiger partial charge on any atom is 0.356 e. The lowest BCUT2D eigenvalue weighted by Gasteiger charge is -2.26. The van der Waals surface area contributed by atoms with Crippen molar-refractivity contribution in [2.75, 3.05) is 32.9 Å². The number of Topliss-reactive ketones (excluding diaryl/α,β-unsaturated/α-hetero) is 1. The molecule has 2 aromatic carbocycles. The average Bonchev–Trinajstić information content (AvgIpc) is 3.34. The summed E-state index contributed by atoms with van der Waals surface area (Å²) in [5, 5.41) is 6.74. The van der Waals surface area contributed by atoms with Gasteiger partial charge >= 0.3 is 5.97 Å². The van der Waals surface area contributed by atoms with Gasteiger partial charge in [0, 0.05) is 24.2 Å². The van der Waals surface area contributed by atoms with Crippen LogP contribution in [0.15, 0.2) is 59.5 Å². The molecule has 1 aliphatic rings. The number of aromatic amines is 1. The van der Waals surface area contributed by atoms with E-state index >= 15 is 0 Å². The first kappa shape index (κ1) is 22.8. The highest BCUT2D eigenvalue weighted by atomic mass is 32.2. The van der Waals surface area contributed by atoms with Crippen LogP contribution in [0.25, 0.3) is 11.3 Å². The van der Waals surface area contributed by atoms with Crippen molar-refractivity contribution in [1.29, 1.82) is 0 Å². The summed E-state index contributed by atoms with van der Waals surface area (Å²) < 4.78 is 37.0. The van der Waals surface area contributed by atoms with E-state index in [1.807, 2.05) is 31.2 Å². The Morgan fingerprint density at radius 3 is 2.39 bits per heavy atom. The number of hydrogen-bond donors (Lipinski definition) is 1. The highest BCUT2D eigenvalue weighted by Crippen LogP contribution is 2.20. The van der Waals surface area contributed by atoms with Gasteiger partial charge in [0.05, 0.1) is 23.8 Å². The van der Waals surface area contributed by atoms with Crippen LogP contribution < -0.4 is 0 Å². The van der Waals surface area contributed by atoms with Gasteiger partial charge < -0.3 is 9.47 Å². The van der Waals surface area contributed by atoms with Gasteiger partial charge in [-0.25, -0.2) is 13.2 Å². The lowest BCUT2D eigenvalue weighted by molar-refractivity contribution is 0.0469. The molecule has 1 fully saturated rings. The largest absolute Gasteiger partial charge is 0.453 e. The van der Waals surface area contributed by atoms with Crippen LogP contribution in [0.4, 0.5) is 0 Å². The molecule has 0 saturated carbocycles. The molecule has 1 N–H and O–H groups in total. The number of nitrogens with one attached hydrogen (secondary N) is 1. The van der Waals surface area contributed by atoms with Crippen LogP contribution in [-0.2, 0) is 19.5 Å². The number of carbonyl (C=O) groups is 2. The van der Waals surface area contributed by atoms with Crippen molar-refractivity contribution in [2.45, 2.75) is 11.8 Å². The van der Waals surface area contributed by atoms with Gasteiger partial charge in [-0.05, 0) is 37.3 Å². The molecule has 0 unspecified atom stereocenters. The molecule has 10 heteroatoms. The van der Waals surface area contributed by atoms with Crippen LogP contribution in [0.2, 0.25) is 0 Å². The second-order valence-electron chi connectivity index (χ2n) is 7.57. The van der Waals surface area contributed by atoms with Gasteiger partial charge in [-0.2, -0.15) is 9.40 Å². The Hall–Kier alpha value is -3.34. The van der Waals surface area contributed by atoms with Crippen molar-refractivity contribution in [3.8, 4) is 11.3 Å². The zero-order chi connectivity index (χ0) is 23.4. The Labute approximate surface area is 191 Å². The smallest absolute Gasteiger partial charge is 0.356 e. The van der Waals surface area contributed by atoms with Crippen molar-refractivity contribution >= 4 is 21.8 Å². The number of aromatic nitrogens is 2. The van der Waals surface area contributed by atoms with Gasteiger partial charge in [-0.15, -0.1) is 0 Å². The first-order chi connectivity index (χ1) is 15.8. The summed E-state index contributed by atoms with van der Waals surface area (Å²) in [7, 11) is -3.64. The number of nitrogens with zero attached hydrogens (tertiary/aromatic N) is 2. The summed E-state index contributed by atoms with van der Waals surface area (Å²) >= 11 is 0. The zero-order valence-electron chi connectivity index (χ0n) is 18.0. The maximum atomic E-state index is 12.7. The van der Waals surface area contributed by atoms with Crippen LogP contribution in [-0.4, -0.2) is 67.6 Å². The molecule has 0 amide bonds. The van der Waals surface area contributed by atoms with Gasteiger partial charge in [-0.1, -0.05) is 29.8 Å². The van der Waals surface area contributed by atoms with Crippen LogP contribution >= 0.6 is 0 Å². The minimum Gasteiger partial charge on any atom is -0.453 e. The molecule has 1 aliphatic heterocycles. The molecule has 0 atom stereocenters. The molecule has 0 aliphatic carbocycles. The van der Waals surface area contributed by atoms with Gasteiger partial charge in [0.2, 0.25) is 10.0 Å². The van der Waals surface area contributed by atoms with E-state index in [-0.39, 0.29) is 29.2 Å². The molecular weight excluding hydrogens is 446 g/mol. The first-order valence-corrected chi connectivity index (χ1v) is 11.8. The van der Waals surface area contributed by atoms with E-state index in [4.69, 9.17) is 9.47 Å². The van der Waals surface area contributed by atoms with Crippen LogP contribution in [0.3, 0.4) is 0 Å². The molecular formula is C23H23N3O6S. The molecule has 0 radical (unpaired) electrons. The number of ketones is 1. The fraction of sp³-hybridized carbons (Fsp3) is 0.261. The molecule has 2 heterocycles. The predicted octanol–water partition coefficient (Wildman–Crippen LogP) is 2.45. The number of carbonyl (C=O) groups excluding carboxylic acids is 2. The fourth-order valence-corrected chi connectivity index (χ4v) is 4.75. The number of morpholine rings is 1. The van der Waals surface area contributed by atoms with E-state index < -0.39 is 28.4 Å². The molecule has 9 nitrogen and oxygen atoms in total. The molecule has 33 heavy (non-hydrogen) atoms. The average molecular weight is 470 g/mol. The summed E-state index contributed by atoms with van der Waals surface area (Å²) in [6, 6.07) is 14.8. The van der Waals surface area contributed by atoms with E-state index in [9.17, 15) is 18.0 Å². The van der Waals surface area contributed by atoms with E-state index in [0.29, 0.717) is 18.9 Å². The van der Waals surface area contributed by atoms with Gasteiger partial charge in [0.15, 0.2) is 12.4 Å². The summed E-state index contributed by atoms with van der Waals surface area (Å²) in [4.78, 5) is 24.8. The number of sulfonamides is 1. The molecule has 4 rings (SSSR count). The summed E-state index contributed by atoms with van der Waals surface area (Å²) in [6.45, 7) is 2.78. The normalized spacial score (nSPS) is 14.7. The highest BCUT2D eigenvalue weighted by molar-refractivity contribution is 7.89. The third kappa shape index (κ3) is 5.19. The molecule has 3 aromatic rings. The quantitative estimate of drug-likeness (QED) is 0.417. The maximum absolute atomic E-state index is 12.7. The number of hydrogen-bond acceptors (Lipinski definition) is 7. The Balaban J connectivity index is 1.36. The van der Waals surface area contributed by atoms with Gasteiger partial charge in [-0.3, -0.25) is 9.89 Å². The third-order valence-electron chi connectivity index (χ3n) is 5.26. The number of aryl methyl sites for hydroxylation is 1. The summed E-state index contributed by atoms with van der Waals surface area (Å²) in [5.41, 5.74) is 2.92. The van der Waals surface area contributed by atoms with Gasteiger partial charge in [0.25, 0.3) is 0 Å². The fourth-order valence-electron chi connectivity index (χ4n) is 3.34. The molecule has 0 bridgehead atoms. The predicted molar refractivity (Wildman–Crippen MR) is 119 cm³/mol. The van der Waals surface area contributed by atoms with Crippen LogP contribution in [0.1, 0.15) is 26.4 Å². The number of rotatable bonds is 7. The Kier molecular flexibility index (Phi) is 6.68. The number of esters is 1. The minimum absolute atomic E-state index is 0.0963. The standard InChI is InChI=1S/C23H23N3O6S/c1-16-2-4-17(5-3-16)20-14-21(25-24-20)23(28)32-15-22(27)18-6-8-19(9-7-18)33(29,30)26-10-12-31-13-11-26/h2-9,14H,10-13,15H2,1H3,(H,24,25). The van der Waals surface area contributed by atoms with E-state index in [1.165, 1.54) is 28.6 Å². The Bertz CT molecular complexity index is 1240. The zero-order valence-corrected chi connectivity index (χ0v) is 18.8. The van der Waals surface area contributed by atoms with Crippen molar-refractivity contribution in [3.05, 3.63) is 71.4 Å². The van der Waals surface area contributed by atoms with Crippen molar-refractivity contribution < 1.29 is 27.5 Å². The van der Waals surface area contributed by atoms with E-state index in [1.54, 1.807) is 6.07 Å². The van der Waals surface area contributed by atoms with Crippen LogP contribution in [0.5, 0.6) is 0 Å². The lowest BCUT2D eigenvalue weighted by Crippen LogP contribution is -2.40. The monoisotopic (exact) mass is 469 g/mol. The topological polar surface area (TPSA) is 119 Å². The lowest BCUT2D eigenvalue weighted by atomic mass is 10.1. The molecule has 1 saturated heterocycles. The second kappa shape index (κ2) is 9.65. The van der Waals surface area contributed by atoms with Gasteiger partial charge in [0.1, 0.15) is 5.69 Å². The number of H-pyrrole nitrogens is 1. The van der Waals surface area contributed by atoms with Crippen molar-refractivity contribution in [3.63, 3.8) is 0 Å². The minimum atomic E-state index is -3.64. The Morgan fingerprint density at radius 2 is 1.73 bits per heavy atom. The first-order valence-electron chi connectivity index (χ1n) is 10.4. The Morgan fingerprint density at radius 1 is 1.06 bits per heavy atom. The SMILES string of the molecule is Cc1ccc(-c2cc(C(=O)OCC(=O)c3ccc(S(=O)(=O)N4CCOCC4)cc3)[nH]n2)cc1. The highest BCUT2D eigenvalue weighted by Gasteiger charge is 2.26. The van der Waals surface area contributed by atoms with E-state index in [2.05, 4.69) is 10.2 Å². The third-order valence-corrected chi connectivity index (χ3v) is 7.18. The summed E-state index contributed by atoms with van der Waals surface area (Å²) in [6.07, 6.45) is 0. The van der Waals surface area contributed by atoms with E-state index in [0.717, 1.165) is 11.1 Å². The van der Waals surface area contributed by atoms with Crippen LogP contribution in [0, 0.1) is 6.92 Å². The number of benzene rings is 2. The summed E-state index contributed by atoms with van der Waals surface area (Å²) in [5.74, 6) is -1.15. The second-order valence-corrected chi connectivity index (χ2v) is 9.51. The molecule has 1 aromatic heterocycles. The van der Waals surface area contributed by atoms with Crippen molar-refractivity contribution in [2.24, 2.45) is 0 Å².